The van der Waals surface area contributed by atoms with Gasteiger partial charge >= 0.3 is 0 Å². The van der Waals surface area contributed by atoms with Crippen LogP contribution >= 0.6 is 11.8 Å². The Bertz CT molecular complexity index is 452. The molecule has 2 unspecified atom stereocenters. The summed E-state index contributed by atoms with van der Waals surface area (Å²) >= 11 is 1.73. The largest absolute Gasteiger partial charge is 0.348 e. The second kappa shape index (κ2) is 6.64. The molecule has 4 heteroatoms. The molecule has 1 fully saturated rings. The summed E-state index contributed by atoms with van der Waals surface area (Å²) in [5.41, 5.74) is 0.799. The third kappa shape index (κ3) is 3.18. The molecule has 0 spiro atoms. The average molecular weight is 292 g/mol. The van der Waals surface area contributed by atoms with Crippen LogP contribution in [0.25, 0.3) is 0 Å². The minimum atomic E-state index is -0.354. The lowest BCUT2D eigenvalue weighted by Crippen LogP contribution is -2.53. The van der Waals surface area contributed by atoms with E-state index < -0.39 is 0 Å². The molecule has 2 atom stereocenters. The van der Waals surface area contributed by atoms with Gasteiger partial charge in [0, 0.05) is 4.90 Å². The van der Waals surface area contributed by atoms with Crippen molar-refractivity contribution in [2.45, 2.75) is 49.6 Å². The number of carbonyl (C=O) groups is 1. The van der Waals surface area contributed by atoms with Crippen LogP contribution in [0.5, 0.6) is 0 Å². The molecule has 1 heterocycles. The second-order valence-electron chi connectivity index (χ2n) is 5.43. The monoisotopic (exact) mass is 292 g/mol. The van der Waals surface area contributed by atoms with Crippen molar-refractivity contribution in [3.8, 4) is 0 Å². The number of hydrogen-bond acceptors (Lipinski definition) is 3. The molecule has 1 aliphatic heterocycles. The molecule has 0 bridgehead atoms. The van der Waals surface area contributed by atoms with E-state index in [2.05, 4.69) is 48.1 Å². The zero-order chi connectivity index (χ0) is 14.6. The molecule has 0 aliphatic carbocycles. The Hall–Kier alpha value is -1.00. The number of thioether (sulfide) groups is 1. The molecular formula is C16H24N2OS. The van der Waals surface area contributed by atoms with Crippen LogP contribution in [0, 0.1) is 0 Å². The summed E-state index contributed by atoms with van der Waals surface area (Å²) in [6.45, 7) is 5.07. The summed E-state index contributed by atoms with van der Waals surface area (Å²) in [6.07, 6.45) is 4.93. The molecule has 1 saturated heterocycles. The Labute approximate surface area is 125 Å². The highest BCUT2D eigenvalue weighted by atomic mass is 32.2. The third-order valence-electron chi connectivity index (χ3n) is 4.25. The number of benzene rings is 1. The van der Waals surface area contributed by atoms with Crippen LogP contribution in [0.15, 0.2) is 29.2 Å². The standard InChI is InChI=1S/C16H24N2OS/c1-4-16(10-5-11-17-16)15(19)18-12(2)13-6-8-14(20-3)9-7-13/h6-9,12,17H,4-5,10-11H2,1-3H3,(H,18,19). The summed E-state index contributed by atoms with van der Waals surface area (Å²) in [6, 6.07) is 8.44. The average Bonchev–Trinajstić information content (AvgIpc) is 2.97. The van der Waals surface area contributed by atoms with Crippen LogP contribution in [0.3, 0.4) is 0 Å². The van der Waals surface area contributed by atoms with E-state index in [-0.39, 0.29) is 17.5 Å². The molecule has 110 valence electrons. The molecule has 0 saturated carbocycles. The van der Waals surface area contributed by atoms with Gasteiger partial charge in [-0.1, -0.05) is 19.1 Å². The van der Waals surface area contributed by atoms with Crippen LogP contribution in [0.2, 0.25) is 0 Å². The normalized spacial score (nSPS) is 23.6. The third-order valence-corrected chi connectivity index (χ3v) is 4.99. The first-order valence-electron chi connectivity index (χ1n) is 7.31. The SMILES string of the molecule is CCC1(C(=O)NC(C)c2ccc(SC)cc2)CCCN1. The van der Waals surface area contributed by atoms with Gasteiger partial charge in [-0.25, -0.2) is 0 Å². The Morgan fingerprint density at radius 1 is 1.45 bits per heavy atom. The molecule has 1 aromatic rings. The fraction of sp³-hybridized carbons (Fsp3) is 0.562. The van der Waals surface area contributed by atoms with Crippen LogP contribution in [-0.2, 0) is 4.79 Å². The molecule has 0 aromatic heterocycles. The molecule has 20 heavy (non-hydrogen) atoms. The van der Waals surface area contributed by atoms with Crippen molar-refractivity contribution < 1.29 is 4.79 Å². The first-order chi connectivity index (χ1) is 9.61. The zero-order valence-corrected chi connectivity index (χ0v) is 13.3. The number of carbonyl (C=O) groups excluding carboxylic acids is 1. The van der Waals surface area contributed by atoms with E-state index in [4.69, 9.17) is 0 Å². The lowest BCUT2D eigenvalue weighted by atomic mass is 9.92. The highest BCUT2D eigenvalue weighted by molar-refractivity contribution is 7.98. The minimum absolute atomic E-state index is 0.0456. The first kappa shape index (κ1) is 15.4. The molecular weight excluding hydrogens is 268 g/mol. The lowest BCUT2D eigenvalue weighted by molar-refractivity contribution is -0.128. The van der Waals surface area contributed by atoms with Crippen molar-refractivity contribution in [2.24, 2.45) is 0 Å². The fourth-order valence-electron chi connectivity index (χ4n) is 2.77. The Balaban J connectivity index is 2.02. The molecule has 1 aromatic carbocycles. The second-order valence-corrected chi connectivity index (χ2v) is 6.31. The van der Waals surface area contributed by atoms with Crippen LogP contribution in [0.4, 0.5) is 0 Å². The van der Waals surface area contributed by atoms with E-state index in [1.165, 1.54) is 4.90 Å². The number of hydrogen-bond donors (Lipinski definition) is 2. The van der Waals surface area contributed by atoms with Gasteiger partial charge in [0.1, 0.15) is 0 Å². The van der Waals surface area contributed by atoms with E-state index in [1.54, 1.807) is 11.8 Å². The van der Waals surface area contributed by atoms with E-state index >= 15 is 0 Å². The van der Waals surface area contributed by atoms with Gasteiger partial charge in [-0.15, -0.1) is 11.8 Å². The molecule has 1 aliphatic rings. The topological polar surface area (TPSA) is 41.1 Å². The van der Waals surface area contributed by atoms with Gasteiger partial charge in [0.15, 0.2) is 0 Å². The van der Waals surface area contributed by atoms with Crippen molar-refractivity contribution in [2.75, 3.05) is 12.8 Å². The summed E-state index contributed by atoms with van der Waals surface area (Å²) in [4.78, 5) is 13.8. The van der Waals surface area contributed by atoms with Crippen molar-refractivity contribution in [1.82, 2.24) is 10.6 Å². The summed E-state index contributed by atoms with van der Waals surface area (Å²) in [5.74, 6) is 0.138. The number of amides is 1. The fourth-order valence-corrected chi connectivity index (χ4v) is 3.18. The molecule has 2 rings (SSSR count). The molecule has 0 radical (unpaired) electrons. The molecule has 2 N–H and O–H groups in total. The van der Waals surface area contributed by atoms with E-state index in [0.29, 0.717) is 0 Å². The summed E-state index contributed by atoms with van der Waals surface area (Å²) in [7, 11) is 0. The summed E-state index contributed by atoms with van der Waals surface area (Å²) < 4.78 is 0. The lowest BCUT2D eigenvalue weighted by Gasteiger charge is -2.28. The van der Waals surface area contributed by atoms with Gasteiger partial charge in [0.05, 0.1) is 11.6 Å². The van der Waals surface area contributed by atoms with Crippen molar-refractivity contribution in [1.29, 1.82) is 0 Å². The predicted octanol–water partition coefficient (Wildman–Crippen LogP) is 3.12. The Morgan fingerprint density at radius 2 is 2.15 bits per heavy atom. The van der Waals surface area contributed by atoms with Crippen molar-refractivity contribution >= 4 is 17.7 Å². The van der Waals surface area contributed by atoms with Crippen LogP contribution in [-0.4, -0.2) is 24.2 Å². The maximum absolute atomic E-state index is 12.5. The van der Waals surface area contributed by atoms with Crippen molar-refractivity contribution in [3.63, 3.8) is 0 Å². The van der Waals surface area contributed by atoms with E-state index in [9.17, 15) is 4.79 Å². The molecule has 1 amide bonds. The van der Waals surface area contributed by atoms with Gasteiger partial charge in [0.2, 0.25) is 5.91 Å². The maximum Gasteiger partial charge on any atom is 0.240 e. The number of rotatable bonds is 5. The van der Waals surface area contributed by atoms with Crippen LogP contribution < -0.4 is 10.6 Å². The van der Waals surface area contributed by atoms with Crippen LogP contribution in [0.1, 0.15) is 44.7 Å². The van der Waals surface area contributed by atoms with Gasteiger partial charge in [-0.05, 0) is 56.7 Å². The number of nitrogens with one attached hydrogen (secondary N) is 2. The smallest absolute Gasteiger partial charge is 0.240 e. The Morgan fingerprint density at radius 3 is 2.65 bits per heavy atom. The highest BCUT2D eigenvalue weighted by Gasteiger charge is 2.39. The summed E-state index contributed by atoms with van der Waals surface area (Å²) in [5, 5.41) is 6.54. The highest BCUT2D eigenvalue weighted by Crippen LogP contribution is 2.25. The first-order valence-corrected chi connectivity index (χ1v) is 8.54. The Kier molecular flexibility index (Phi) is 5.11. The zero-order valence-electron chi connectivity index (χ0n) is 12.5. The van der Waals surface area contributed by atoms with E-state index in [0.717, 1.165) is 31.4 Å². The van der Waals surface area contributed by atoms with Gasteiger partial charge in [0.25, 0.3) is 0 Å². The predicted molar refractivity (Wildman–Crippen MR) is 85.0 cm³/mol. The van der Waals surface area contributed by atoms with Gasteiger partial charge in [-0.2, -0.15) is 0 Å². The maximum atomic E-state index is 12.5. The van der Waals surface area contributed by atoms with Crippen molar-refractivity contribution in [3.05, 3.63) is 29.8 Å². The molecule has 3 nitrogen and oxygen atoms in total. The minimum Gasteiger partial charge on any atom is -0.348 e. The van der Waals surface area contributed by atoms with Gasteiger partial charge < -0.3 is 10.6 Å². The van der Waals surface area contributed by atoms with Gasteiger partial charge in [-0.3, -0.25) is 4.79 Å². The quantitative estimate of drug-likeness (QED) is 0.819. The van der Waals surface area contributed by atoms with E-state index in [1.807, 2.05) is 6.92 Å².